The van der Waals surface area contributed by atoms with E-state index in [0.29, 0.717) is 64.6 Å². The van der Waals surface area contributed by atoms with Crippen LogP contribution in [0.15, 0.2) is 0 Å². The Morgan fingerprint density at radius 2 is 1.06 bits per heavy atom. The molecule has 0 rings (SSSR count). The van der Waals surface area contributed by atoms with Crippen LogP contribution >= 0.6 is 0 Å². The molecule has 12 N–H and O–H groups in total. The number of amides is 3. The number of nitrogens with one attached hydrogen (secondary N) is 3. The van der Waals surface area contributed by atoms with Crippen LogP contribution in [0.4, 0.5) is 0 Å². The van der Waals surface area contributed by atoms with Gasteiger partial charge in [-0.25, -0.2) is 0 Å². The van der Waals surface area contributed by atoms with Crippen molar-refractivity contribution < 1.29 is 24.3 Å². The first-order chi connectivity index (χ1) is 15.7. The minimum absolute atomic E-state index is 0.281. The number of aliphatic carboxylic acids is 1. The van der Waals surface area contributed by atoms with Crippen molar-refractivity contribution in [3.05, 3.63) is 0 Å². The average molecular weight is 474 g/mol. The van der Waals surface area contributed by atoms with E-state index in [2.05, 4.69) is 16.0 Å². The fourth-order valence-electron chi connectivity index (χ4n) is 3.09. The summed E-state index contributed by atoms with van der Waals surface area (Å²) in [6.45, 7) is 2.71. The molecule has 0 aliphatic heterocycles. The van der Waals surface area contributed by atoms with Gasteiger partial charge < -0.3 is 44.0 Å². The maximum Gasteiger partial charge on any atom is 0.325 e. The summed E-state index contributed by atoms with van der Waals surface area (Å²) < 4.78 is 0. The maximum atomic E-state index is 13.0. The molecule has 12 nitrogen and oxygen atoms in total. The maximum absolute atomic E-state index is 13.0. The number of nitrogens with two attached hydrogens (primary N) is 4. The van der Waals surface area contributed by atoms with Gasteiger partial charge in [0.15, 0.2) is 0 Å². The Morgan fingerprint density at radius 1 is 0.667 bits per heavy atom. The summed E-state index contributed by atoms with van der Waals surface area (Å²) >= 11 is 0. The lowest BCUT2D eigenvalue weighted by Crippen LogP contribution is -2.56. The monoisotopic (exact) mass is 473 g/mol. The molecule has 0 aromatic rings. The summed E-state index contributed by atoms with van der Waals surface area (Å²) in [4.78, 5) is 49.2. The van der Waals surface area contributed by atoms with Crippen molar-refractivity contribution in [2.24, 2.45) is 22.9 Å². The van der Waals surface area contributed by atoms with Crippen LogP contribution < -0.4 is 38.9 Å². The predicted octanol–water partition coefficient (Wildman–Crippen LogP) is -1.74. The van der Waals surface area contributed by atoms with Gasteiger partial charge in [-0.05, 0) is 77.9 Å². The lowest BCUT2D eigenvalue weighted by molar-refractivity contribution is -0.141. The van der Waals surface area contributed by atoms with E-state index < -0.39 is 47.9 Å². The van der Waals surface area contributed by atoms with E-state index in [-0.39, 0.29) is 6.42 Å². The zero-order chi connectivity index (χ0) is 25.2. The van der Waals surface area contributed by atoms with Crippen LogP contribution in [0.1, 0.15) is 64.7 Å². The van der Waals surface area contributed by atoms with Crippen LogP contribution in [-0.4, -0.2) is 72.6 Å². The molecule has 0 heterocycles. The molecule has 0 radical (unpaired) electrons. The Bertz CT molecular complexity index is 606. The molecule has 0 bridgehead atoms. The lowest BCUT2D eigenvalue weighted by Gasteiger charge is -2.25. The van der Waals surface area contributed by atoms with Gasteiger partial charge in [0.05, 0.1) is 6.04 Å². The van der Waals surface area contributed by atoms with Crippen LogP contribution in [0, 0.1) is 0 Å². The smallest absolute Gasteiger partial charge is 0.325 e. The Hall–Kier alpha value is -2.28. The first-order valence-corrected chi connectivity index (χ1v) is 11.7. The molecule has 0 aromatic heterocycles. The van der Waals surface area contributed by atoms with Crippen LogP contribution in [-0.2, 0) is 19.2 Å². The van der Waals surface area contributed by atoms with Crippen molar-refractivity contribution in [3.8, 4) is 0 Å². The fraction of sp³-hybridized carbons (Fsp3) is 0.810. The van der Waals surface area contributed by atoms with E-state index in [1.54, 1.807) is 0 Å². The highest BCUT2D eigenvalue weighted by Gasteiger charge is 2.28. The van der Waals surface area contributed by atoms with Crippen LogP contribution in [0.3, 0.4) is 0 Å². The number of hydrogen-bond acceptors (Lipinski definition) is 8. The molecule has 0 saturated carbocycles. The predicted molar refractivity (Wildman–Crippen MR) is 126 cm³/mol. The molecule has 0 aromatic carbocycles. The molecular formula is C21H43N7O5. The zero-order valence-electron chi connectivity index (χ0n) is 19.7. The largest absolute Gasteiger partial charge is 0.480 e. The van der Waals surface area contributed by atoms with Crippen molar-refractivity contribution >= 4 is 23.7 Å². The van der Waals surface area contributed by atoms with Gasteiger partial charge in [0.1, 0.15) is 18.1 Å². The highest BCUT2D eigenvalue weighted by Crippen LogP contribution is 2.07. The van der Waals surface area contributed by atoms with Crippen molar-refractivity contribution in [2.75, 3.05) is 19.6 Å². The normalized spacial score (nSPS) is 14.6. The Labute approximate surface area is 195 Å². The molecular weight excluding hydrogens is 430 g/mol. The van der Waals surface area contributed by atoms with Crippen molar-refractivity contribution in [1.82, 2.24) is 16.0 Å². The molecule has 33 heavy (non-hydrogen) atoms. The highest BCUT2D eigenvalue weighted by molar-refractivity contribution is 5.94. The van der Waals surface area contributed by atoms with E-state index in [1.807, 2.05) is 0 Å². The third-order valence-electron chi connectivity index (χ3n) is 5.20. The minimum atomic E-state index is -1.19. The topological polar surface area (TPSA) is 229 Å². The van der Waals surface area contributed by atoms with Crippen molar-refractivity contribution in [1.29, 1.82) is 0 Å². The minimum Gasteiger partial charge on any atom is -0.480 e. The lowest BCUT2D eigenvalue weighted by atomic mass is 10.0. The summed E-state index contributed by atoms with van der Waals surface area (Å²) in [6, 6.07) is -3.75. The SMILES string of the molecule is C[C@H](NC(=O)[C@H](CCCCN)NC(=O)[C@H](CCCCN)NC(=O)[C@@H](N)CCCCN)C(=O)O. The second-order valence-corrected chi connectivity index (χ2v) is 8.15. The zero-order valence-corrected chi connectivity index (χ0v) is 19.7. The average Bonchev–Trinajstić information content (AvgIpc) is 2.77. The summed E-state index contributed by atoms with van der Waals surface area (Å²) in [6.07, 6.45) is 4.95. The van der Waals surface area contributed by atoms with E-state index in [9.17, 15) is 19.2 Å². The van der Waals surface area contributed by atoms with Gasteiger partial charge in [0.2, 0.25) is 17.7 Å². The number of rotatable bonds is 19. The van der Waals surface area contributed by atoms with Crippen molar-refractivity contribution in [2.45, 2.75) is 88.9 Å². The van der Waals surface area contributed by atoms with Gasteiger partial charge in [-0.2, -0.15) is 0 Å². The Kier molecular flexibility index (Phi) is 16.9. The van der Waals surface area contributed by atoms with Crippen LogP contribution in [0.25, 0.3) is 0 Å². The first-order valence-electron chi connectivity index (χ1n) is 11.7. The molecule has 12 heteroatoms. The molecule has 0 fully saturated rings. The molecule has 192 valence electrons. The van der Waals surface area contributed by atoms with E-state index in [1.165, 1.54) is 6.92 Å². The molecule has 0 spiro atoms. The second kappa shape index (κ2) is 18.2. The quantitative estimate of drug-likeness (QED) is 0.0994. The van der Waals surface area contributed by atoms with Gasteiger partial charge in [0, 0.05) is 0 Å². The van der Waals surface area contributed by atoms with Gasteiger partial charge >= 0.3 is 5.97 Å². The van der Waals surface area contributed by atoms with Crippen LogP contribution in [0.5, 0.6) is 0 Å². The summed E-state index contributed by atoms with van der Waals surface area (Å²) in [5.74, 6) is -2.79. The molecule has 0 aliphatic rings. The number of carbonyl (C=O) groups is 4. The van der Waals surface area contributed by atoms with Gasteiger partial charge in [-0.15, -0.1) is 0 Å². The van der Waals surface area contributed by atoms with E-state index >= 15 is 0 Å². The number of carboxylic acid groups (broad SMARTS) is 1. The molecule has 0 unspecified atom stereocenters. The number of unbranched alkanes of at least 4 members (excludes halogenated alkanes) is 3. The van der Waals surface area contributed by atoms with E-state index in [0.717, 1.165) is 6.42 Å². The molecule has 0 saturated heterocycles. The first kappa shape index (κ1) is 30.7. The molecule has 0 aliphatic carbocycles. The summed E-state index contributed by atoms with van der Waals surface area (Å²) in [5.41, 5.74) is 22.5. The van der Waals surface area contributed by atoms with E-state index in [4.69, 9.17) is 28.0 Å². The third kappa shape index (κ3) is 13.8. The third-order valence-corrected chi connectivity index (χ3v) is 5.20. The molecule has 4 atom stereocenters. The summed E-state index contributed by atoms with van der Waals surface area (Å²) in [7, 11) is 0. The van der Waals surface area contributed by atoms with Gasteiger partial charge in [-0.1, -0.05) is 6.42 Å². The van der Waals surface area contributed by atoms with Gasteiger partial charge in [0.25, 0.3) is 0 Å². The Balaban J connectivity index is 5.27. The number of hydrogen-bond donors (Lipinski definition) is 8. The Morgan fingerprint density at radius 3 is 1.48 bits per heavy atom. The summed E-state index contributed by atoms with van der Waals surface area (Å²) in [5, 5.41) is 16.8. The second-order valence-electron chi connectivity index (χ2n) is 8.15. The number of carbonyl (C=O) groups excluding carboxylic acids is 3. The van der Waals surface area contributed by atoms with Crippen molar-refractivity contribution in [3.63, 3.8) is 0 Å². The number of carboxylic acids is 1. The van der Waals surface area contributed by atoms with Gasteiger partial charge in [-0.3, -0.25) is 19.2 Å². The van der Waals surface area contributed by atoms with Crippen LogP contribution in [0.2, 0.25) is 0 Å². The highest BCUT2D eigenvalue weighted by atomic mass is 16.4. The fourth-order valence-corrected chi connectivity index (χ4v) is 3.09. The standard InChI is InChI=1S/C21H43N7O5/c1-14(21(32)33)26-19(30)16(9-3-6-12-23)28-20(31)17(10-4-7-13-24)27-18(29)15(25)8-2-5-11-22/h14-17H,2-13,22-25H2,1H3,(H,26,30)(H,27,29)(H,28,31)(H,32,33)/t14-,15-,16-,17-/m0/s1. The molecule has 3 amide bonds.